The van der Waals surface area contributed by atoms with Crippen LogP contribution in [0.1, 0.15) is 22.4 Å². The van der Waals surface area contributed by atoms with Crippen molar-refractivity contribution < 1.29 is 14.7 Å². The number of aliphatic carboxylic acids is 1. The molecule has 0 bridgehead atoms. The van der Waals surface area contributed by atoms with E-state index in [1.807, 2.05) is 30.3 Å². The molecule has 1 aromatic carbocycles. The zero-order valence-electron chi connectivity index (χ0n) is 17.4. The normalized spacial score (nSPS) is 13.6. The van der Waals surface area contributed by atoms with Gasteiger partial charge < -0.3 is 10.4 Å². The molecule has 1 aliphatic carbocycles. The van der Waals surface area contributed by atoms with Crippen molar-refractivity contribution in [3.8, 4) is 0 Å². The van der Waals surface area contributed by atoms with Crippen LogP contribution in [0.25, 0.3) is 10.2 Å². The lowest BCUT2D eigenvalue weighted by atomic mass is 10.1. The number of nitrogens with zero attached hydrogens (tertiary/aromatic N) is 2. The number of thioether (sulfide) groups is 1. The lowest BCUT2D eigenvalue weighted by Gasteiger charge is -2.15. The summed E-state index contributed by atoms with van der Waals surface area (Å²) in [5.74, 6) is -1.56. The van der Waals surface area contributed by atoms with Crippen LogP contribution in [0.3, 0.4) is 0 Å². The SMILES string of the molecule is C=CCn1c(SCC(=O)N[C@@H](Cc2ccccc2)C(=O)O)nc2sc3c(c2c1=O)CCC3. The molecule has 1 amide bonds. The second kappa shape index (κ2) is 9.70. The summed E-state index contributed by atoms with van der Waals surface area (Å²) in [6.07, 6.45) is 4.75. The van der Waals surface area contributed by atoms with E-state index in [0.717, 1.165) is 42.2 Å². The maximum absolute atomic E-state index is 13.2. The van der Waals surface area contributed by atoms with E-state index in [0.29, 0.717) is 21.9 Å². The van der Waals surface area contributed by atoms with Crippen LogP contribution in [-0.4, -0.2) is 38.3 Å². The largest absolute Gasteiger partial charge is 0.480 e. The van der Waals surface area contributed by atoms with Crippen LogP contribution in [0.15, 0.2) is 52.9 Å². The number of hydrogen-bond donors (Lipinski definition) is 2. The highest BCUT2D eigenvalue weighted by molar-refractivity contribution is 7.99. The molecule has 0 unspecified atom stereocenters. The molecule has 0 aliphatic heterocycles. The first-order valence-electron chi connectivity index (χ1n) is 10.3. The molecule has 3 aromatic rings. The van der Waals surface area contributed by atoms with Crippen LogP contribution >= 0.6 is 23.1 Å². The van der Waals surface area contributed by atoms with Crippen LogP contribution < -0.4 is 10.9 Å². The maximum Gasteiger partial charge on any atom is 0.326 e. The predicted octanol–water partition coefficient (Wildman–Crippen LogP) is 3.04. The number of aromatic nitrogens is 2. The fourth-order valence-electron chi connectivity index (χ4n) is 3.87. The number of thiophene rings is 1. The van der Waals surface area contributed by atoms with Crippen LogP contribution in [0.4, 0.5) is 0 Å². The first-order valence-corrected chi connectivity index (χ1v) is 12.1. The van der Waals surface area contributed by atoms with E-state index in [9.17, 15) is 19.5 Å². The molecule has 0 saturated heterocycles. The van der Waals surface area contributed by atoms with E-state index in [2.05, 4.69) is 16.9 Å². The number of aryl methyl sites for hydroxylation is 2. The van der Waals surface area contributed by atoms with E-state index in [4.69, 9.17) is 0 Å². The number of carboxylic acids is 1. The van der Waals surface area contributed by atoms with E-state index in [1.54, 1.807) is 17.4 Å². The summed E-state index contributed by atoms with van der Waals surface area (Å²) >= 11 is 2.68. The number of hydrogen-bond acceptors (Lipinski definition) is 6. The Balaban J connectivity index is 1.51. The molecule has 9 heteroatoms. The van der Waals surface area contributed by atoms with Gasteiger partial charge in [0.2, 0.25) is 5.91 Å². The molecule has 2 N–H and O–H groups in total. The molecule has 2 aromatic heterocycles. The van der Waals surface area contributed by atoms with Crippen molar-refractivity contribution in [3.63, 3.8) is 0 Å². The van der Waals surface area contributed by atoms with Gasteiger partial charge in [-0.2, -0.15) is 0 Å². The lowest BCUT2D eigenvalue weighted by Crippen LogP contribution is -2.43. The number of benzene rings is 1. The number of carbonyl (C=O) groups excluding carboxylic acids is 1. The number of carbonyl (C=O) groups is 2. The van der Waals surface area contributed by atoms with Gasteiger partial charge in [-0.3, -0.25) is 14.2 Å². The molecule has 32 heavy (non-hydrogen) atoms. The van der Waals surface area contributed by atoms with E-state index in [1.165, 1.54) is 9.44 Å². The van der Waals surface area contributed by atoms with Crippen molar-refractivity contribution in [2.75, 3.05) is 5.75 Å². The highest BCUT2D eigenvalue weighted by Crippen LogP contribution is 2.35. The third kappa shape index (κ3) is 4.63. The molecule has 166 valence electrons. The summed E-state index contributed by atoms with van der Waals surface area (Å²) < 4.78 is 1.54. The van der Waals surface area contributed by atoms with Crippen molar-refractivity contribution in [2.45, 2.75) is 43.4 Å². The molecule has 4 rings (SSSR count). The first kappa shape index (κ1) is 22.3. The molecule has 0 spiro atoms. The molecule has 1 atom stereocenters. The predicted molar refractivity (Wildman–Crippen MR) is 127 cm³/mol. The van der Waals surface area contributed by atoms with Crippen LogP contribution in [0.2, 0.25) is 0 Å². The van der Waals surface area contributed by atoms with Gasteiger partial charge in [-0.1, -0.05) is 48.2 Å². The minimum Gasteiger partial charge on any atom is -0.480 e. The summed E-state index contributed by atoms with van der Waals surface area (Å²) in [6.45, 7) is 4.03. The fourth-order valence-corrected chi connectivity index (χ4v) is 6.00. The van der Waals surface area contributed by atoms with Gasteiger partial charge in [0.25, 0.3) is 5.56 Å². The van der Waals surface area contributed by atoms with Crippen molar-refractivity contribution in [3.05, 3.63) is 69.3 Å². The standard InChI is InChI=1S/C23H23N3O4S2/c1-2-11-26-21(28)19-15-9-6-10-17(15)32-20(19)25-23(26)31-13-18(27)24-16(22(29)30)12-14-7-4-3-5-8-14/h2-5,7-8,16H,1,6,9-13H2,(H,24,27)(H,29,30)/t16-/m0/s1. The number of carboxylic acid groups (broad SMARTS) is 1. The number of amides is 1. The van der Waals surface area contributed by atoms with Crippen LogP contribution in [-0.2, 0) is 35.4 Å². The average molecular weight is 470 g/mol. The quantitative estimate of drug-likeness (QED) is 0.284. The Bertz CT molecular complexity index is 1230. The van der Waals surface area contributed by atoms with Crippen molar-refractivity contribution >= 4 is 45.2 Å². The van der Waals surface area contributed by atoms with Gasteiger partial charge in [0.1, 0.15) is 10.9 Å². The number of rotatable bonds is 9. The number of nitrogens with one attached hydrogen (secondary N) is 1. The van der Waals surface area contributed by atoms with Crippen molar-refractivity contribution in [1.29, 1.82) is 0 Å². The van der Waals surface area contributed by atoms with Crippen molar-refractivity contribution in [2.24, 2.45) is 0 Å². The van der Waals surface area contributed by atoms with Crippen molar-refractivity contribution in [1.82, 2.24) is 14.9 Å². The fraction of sp³-hybridized carbons (Fsp3) is 0.304. The highest BCUT2D eigenvalue weighted by atomic mass is 32.2. The summed E-state index contributed by atoms with van der Waals surface area (Å²) in [4.78, 5) is 43.9. The Hall–Kier alpha value is -2.91. The molecular formula is C23H23N3O4S2. The monoisotopic (exact) mass is 469 g/mol. The Morgan fingerprint density at radius 2 is 2.09 bits per heavy atom. The number of fused-ring (bicyclic) bond motifs is 3. The topological polar surface area (TPSA) is 101 Å². The highest BCUT2D eigenvalue weighted by Gasteiger charge is 2.24. The second-order valence-corrected chi connectivity index (χ2v) is 9.60. The number of allylic oxidation sites excluding steroid dienone is 1. The summed E-state index contributed by atoms with van der Waals surface area (Å²) in [6, 6.07) is 8.12. The second-order valence-electron chi connectivity index (χ2n) is 7.57. The Kier molecular flexibility index (Phi) is 6.76. The van der Waals surface area contributed by atoms with Gasteiger partial charge in [0.15, 0.2) is 5.16 Å². The van der Waals surface area contributed by atoms with Gasteiger partial charge in [-0.15, -0.1) is 17.9 Å². The van der Waals surface area contributed by atoms with Gasteiger partial charge in [-0.05, 0) is 30.4 Å². The Labute approximate surface area is 193 Å². The van der Waals surface area contributed by atoms with Gasteiger partial charge in [0.05, 0.1) is 11.1 Å². The van der Waals surface area contributed by atoms with Gasteiger partial charge >= 0.3 is 5.97 Å². The van der Waals surface area contributed by atoms with Gasteiger partial charge in [0, 0.05) is 17.8 Å². The van der Waals surface area contributed by atoms with Crippen LogP contribution in [0.5, 0.6) is 0 Å². The molecule has 7 nitrogen and oxygen atoms in total. The first-order chi connectivity index (χ1) is 15.5. The zero-order valence-corrected chi connectivity index (χ0v) is 19.0. The van der Waals surface area contributed by atoms with E-state index < -0.39 is 17.9 Å². The van der Waals surface area contributed by atoms with Gasteiger partial charge in [-0.25, -0.2) is 9.78 Å². The molecule has 0 radical (unpaired) electrons. The molecule has 0 fully saturated rings. The minimum absolute atomic E-state index is 0.0429. The lowest BCUT2D eigenvalue weighted by molar-refractivity contribution is -0.141. The third-order valence-corrected chi connectivity index (χ3v) is 7.51. The summed E-state index contributed by atoms with van der Waals surface area (Å²) in [5.41, 5.74) is 1.83. The summed E-state index contributed by atoms with van der Waals surface area (Å²) in [5, 5.41) is 13.2. The molecule has 1 aliphatic rings. The van der Waals surface area contributed by atoms with E-state index in [-0.39, 0.29) is 17.7 Å². The smallest absolute Gasteiger partial charge is 0.326 e. The molecule has 0 saturated carbocycles. The minimum atomic E-state index is -1.09. The third-order valence-electron chi connectivity index (χ3n) is 5.35. The molecular weight excluding hydrogens is 446 g/mol. The maximum atomic E-state index is 13.2. The molecule has 2 heterocycles. The Morgan fingerprint density at radius 3 is 2.81 bits per heavy atom. The summed E-state index contributed by atoms with van der Waals surface area (Å²) in [7, 11) is 0. The Morgan fingerprint density at radius 1 is 1.31 bits per heavy atom. The average Bonchev–Trinajstić information content (AvgIpc) is 3.35. The van der Waals surface area contributed by atoms with Crippen LogP contribution in [0, 0.1) is 0 Å². The zero-order chi connectivity index (χ0) is 22.7. The van der Waals surface area contributed by atoms with E-state index >= 15 is 0 Å².